The molecule has 0 aromatic heterocycles. The van der Waals surface area contributed by atoms with Gasteiger partial charge in [-0.05, 0) is 37.0 Å². The standard InChI is InChI=1S/C14H17N3/c1-2-3-13-16-11-5-4-10(8-12(11)17-13)14(9-15)6-7-14/h4-5,8,13,16-17H,2-3,6-7H2,1H3. The Morgan fingerprint density at radius 3 is 2.76 bits per heavy atom. The molecule has 1 heterocycles. The molecule has 3 rings (SSSR count). The highest BCUT2D eigenvalue weighted by Gasteiger charge is 2.45. The van der Waals surface area contributed by atoms with E-state index in [2.05, 4.69) is 41.8 Å². The van der Waals surface area contributed by atoms with Crippen LogP contribution in [0.25, 0.3) is 0 Å². The molecule has 1 unspecified atom stereocenters. The topological polar surface area (TPSA) is 47.9 Å². The molecule has 1 aliphatic heterocycles. The summed E-state index contributed by atoms with van der Waals surface area (Å²) in [7, 11) is 0. The molecule has 0 radical (unpaired) electrons. The predicted octanol–water partition coefficient (Wildman–Crippen LogP) is 3.21. The SMILES string of the molecule is CCCC1Nc2ccc(C3(C#N)CC3)cc2N1. The van der Waals surface area contributed by atoms with E-state index in [-0.39, 0.29) is 5.41 Å². The molecule has 0 saturated heterocycles. The quantitative estimate of drug-likeness (QED) is 0.833. The van der Waals surface area contributed by atoms with Crippen molar-refractivity contribution in [3.05, 3.63) is 23.8 Å². The lowest BCUT2D eigenvalue weighted by atomic mass is 9.97. The highest BCUT2D eigenvalue weighted by Crippen LogP contribution is 2.49. The highest BCUT2D eigenvalue weighted by atomic mass is 15.2. The van der Waals surface area contributed by atoms with Crippen LogP contribution in [-0.2, 0) is 5.41 Å². The van der Waals surface area contributed by atoms with Gasteiger partial charge in [0, 0.05) is 0 Å². The van der Waals surface area contributed by atoms with Crippen LogP contribution < -0.4 is 10.6 Å². The lowest BCUT2D eigenvalue weighted by Gasteiger charge is -2.09. The van der Waals surface area contributed by atoms with Gasteiger partial charge in [0.05, 0.1) is 29.0 Å². The molecule has 3 heteroatoms. The Kier molecular flexibility index (Phi) is 2.25. The Hall–Kier alpha value is -1.69. The summed E-state index contributed by atoms with van der Waals surface area (Å²) in [6.07, 6.45) is 4.64. The molecular formula is C14H17N3. The number of fused-ring (bicyclic) bond motifs is 1. The molecule has 1 saturated carbocycles. The average Bonchev–Trinajstić information content (AvgIpc) is 3.04. The van der Waals surface area contributed by atoms with Crippen molar-refractivity contribution in [3.63, 3.8) is 0 Å². The van der Waals surface area contributed by atoms with Gasteiger partial charge in [0.2, 0.25) is 0 Å². The van der Waals surface area contributed by atoms with Crippen LogP contribution in [0, 0.1) is 11.3 Å². The third-order valence-electron chi connectivity index (χ3n) is 3.77. The minimum atomic E-state index is -0.181. The summed E-state index contributed by atoms with van der Waals surface area (Å²) in [5.41, 5.74) is 3.31. The van der Waals surface area contributed by atoms with E-state index in [0.29, 0.717) is 6.17 Å². The van der Waals surface area contributed by atoms with Crippen molar-refractivity contribution in [2.75, 3.05) is 10.6 Å². The van der Waals surface area contributed by atoms with Gasteiger partial charge >= 0.3 is 0 Å². The number of rotatable bonds is 3. The number of nitrogens with one attached hydrogen (secondary N) is 2. The monoisotopic (exact) mass is 227 g/mol. The molecule has 0 amide bonds. The number of anilines is 2. The van der Waals surface area contributed by atoms with E-state index >= 15 is 0 Å². The molecule has 88 valence electrons. The van der Waals surface area contributed by atoms with E-state index in [0.717, 1.165) is 31.4 Å². The Labute approximate surface area is 102 Å². The lowest BCUT2D eigenvalue weighted by Crippen LogP contribution is -2.21. The summed E-state index contributed by atoms with van der Waals surface area (Å²) >= 11 is 0. The molecule has 1 aliphatic carbocycles. The largest absolute Gasteiger partial charge is 0.364 e. The van der Waals surface area contributed by atoms with Crippen LogP contribution in [0.2, 0.25) is 0 Å². The molecular weight excluding hydrogens is 210 g/mol. The van der Waals surface area contributed by atoms with Crippen molar-refractivity contribution >= 4 is 11.4 Å². The van der Waals surface area contributed by atoms with Gasteiger partial charge in [-0.1, -0.05) is 19.4 Å². The minimum absolute atomic E-state index is 0.181. The second kappa shape index (κ2) is 3.66. The summed E-state index contributed by atoms with van der Waals surface area (Å²) < 4.78 is 0. The van der Waals surface area contributed by atoms with Gasteiger partial charge in [0.15, 0.2) is 0 Å². The van der Waals surface area contributed by atoms with Gasteiger partial charge in [0.25, 0.3) is 0 Å². The Morgan fingerprint density at radius 1 is 1.35 bits per heavy atom. The Bertz CT molecular complexity index is 483. The third-order valence-corrected chi connectivity index (χ3v) is 3.77. The molecule has 1 atom stereocenters. The van der Waals surface area contributed by atoms with E-state index < -0.39 is 0 Å². The fraction of sp³-hybridized carbons (Fsp3) is 0.500. The van der Waals surface area contributed by atoms with E-state index in [9.17, 15) is 5.26 Å². The van der Waals surface area contributed by atoms with Crippen molar-refractivity contribution in [2.24, 2.45) is 0 Å². The number of benzene rings is 1. The number of hydrogen-bond donors (Lipinski definition) is 2. The van der Waals surface area contributed by atoms with Gasteiger partial charge in [-0.2, -0.15) is 5.26 Å². The van der Waals surface area contributed by atoms with Crippen molar-refractivity contribution in [3.8, 4) is 6.07 Å². The molecule has 17 heavy (non-hydrogen) atoms. The van der Waals surface area contributed by atoms with Gasteiger partial charge in [-0.3, -0.25) is 0 Å². The zero-order valence-electron chi connectivity index (χ0n) is 10.1. The smallest absolute Gasteiger partial charge is 0.0964 e. The molecule has 1 aromatic rings. The van der Waals surface area contributed by atoms with Crippen molar-refractivity contribution < 1.29 is 0 Å². The van der Waals surface area contributed by atoms with E-state index in [4.69, 9.17) is 0 Å². The second-order valence-electron chi connectivity index (χ2n) is 5.08. The zero-order valence-corrected chi connectivity index (χ0v) is 10.1. The first-order chi connectivity index (χ1) is 8.27. The molecule has 0 spiro atoms. The predicted molar refractivity (Wildman–Crippen MR) is 68.9 cm³/mol. The Morgan fingerprint density at radius 2 is 2.12 bits per heavy atom. The first-order valence-corrected chi connectivity index (χ1v) is 6.36. The van der Waals surface area contributed by atoms with Crippen LogP contribution in [0.5, 0.6) is 0 Å². The van der Waals surface area contributed by atoms with Crippen LogP contribution in [0.1, 0.15) is 38.2 Å². The summed E-state index contributed by atoms with van der Waals surface area (Å²) in [4.78, 5) is 0. The molecule has 0 bridgehead atoms. The van der Waals surface area contributed by atoms with Crippen LogP contribution in [0.3, 0.4) is 0 Å². The number of hydrogen-bond acceptors (Lipinski definition) is 3. The summed E-state index contributed by atoms with van der Waals surface area (Å²) in [6.45, 7) is 2.19. The maximum atomic E-state index is 9.21. The molecule has 1 fully saturated rings. The van der Waals surface area contributed by atoms with E-state index in [1.165, 1.54) is 11.3 Å². The number of nitrogens with zero attached hydrogens (tertiary/aromatic N) is 1. The normalized spacial score (nSPS) is 23.2. The third kappa shape index (κ3) is 1.64. The Balaban J connectivity index is 1.86. The van der Waals surface area contributed by atoms with Crippen molar-refractivity contribution in [1.82, 2.24) is 0 Å². The highest BCUT2D eigenvalue weighted by molar-refractivity contribution is 5.76. The average molecular weight is 227 g/mol. The molecule has 3 nitrogen and oxygen atoms in total. The van der Waals surface area contributed by atoms with Crippen LogP contribution in [0.15, 0.2) is 18.2 Å². The first-order valence-electron chi connectivity index (χ1n) is 6.36. The van der Waals surface area contributed by atoms with Crippen LogP contribution in [0.4, 0.5) is 11.4 Å². The summed E-state index contributed by atoms with van der Waals surface area (Å²) in [6, 6.07) is 8.79. The summed E-state index contributed by atoms with van der Waals surface area (Å²) in [5.74, 6) is 0. The molecule has 1 aromatic carbocycles. The molecule has 2 aliphatic rings. The van der Waals surface area contributed by atoms with Crippen LogP contribution in [-0.4, -0.2) is 6.17 Å². The van der Waals surface area contributed by atoms with E-state index in [1.807, 2.05) is 0 Å². The fourth-order valence-corrected chi connectivity index (χ4v) is 2.52. The molecule has 2 N–H and O–H groups in total. The van der Waals surface area contributed by atoms with Gasteiger partial charge in [0.1, 0.15) is 0 Å². The van der Waals surface area contributed by atoms with E-state index in [1.54, 1.807) is 0 Å². The maximum absolute atomic E-state index is 9.21. The van der Waals surface area contributed by atoms with Crippen molar-refractivity contribution in [1.29, 1.82) is 5.26 Å². The summed E-state index contributed by atoms with van der Waals surface area (Å²) in [5, 5.41) is 16.1. The van der Waals surface area contributed by atoms with Crippen LogP contribution >= 0.6 is 0 Å². The van der Waals surface area contributed by atoms with Crippen molar-refractivity contribution in [2.45, 2.75) is 44.2 Å². The minimum Gasteiger partial charge on any atom is -0.364 e. The number of nitriles is 1. The van der Waals surface area contributed by atoms with Gasteiger partial charge < -0.3 is 10.6 Å². The zero-order chi connectivity index (χ0) is 11.9. The fourth-order valence-electron chi connectivity index (χ4n) is 2.52. The first kappa shape index (κ1) is 10.5. The maximum Gasteiger partial charge on any atom is 0.0964 e. The second-order valence-corrected chi connectivity index (χ2v) is 5.08. The van der Waals surface area contributed by atoms with Gasteiger partial charge in [-0.25, -0.2) is 0 Å². The van der Waals surface area contributed by atoms with Gasteiger partial charge in [-0.15, -0.1) is 0 Å². The lowest BCUT2D eigenvalue weighted by molar-refractivity contribution is 0.717.